The maximum atomic E-state index is 11.7. The molecule has 0 aromatic carbocycles. The summed E-state index contributed by atoms with van der Waals surface area (Å²) in [6.45, 7) is 7.64. The van der Waals surface area contributed by atoms with Crippen LogP contribution in [0.15, 0.2) is 0 Å². The van der Waals surface area contributed by atoms with Crippen molar-refractivity contribution in [3.05, 3.63) is 0 Å². The lowest BCUT2D eigenvalue weighted by Crippen LogP contribution is -2.42. The van der Waals surface area contributed by atoms with Crippen LogP contribution >= 0.6 is 0 Å². The van der Waals surface area contributed by atoms with E-state index >= 15 is 0 Å². The standard InChI is InChI=1S/C14H29NO5/c1-4-7-15-13(14(16)20-5-2)12-19-11-10-18-9-6-8-17-3/h13,15H,4-12H2,1-3H3. The van der Waals surface area contributed by atoms with Crippen LogP contribution in [0.2, 0.25) is 0 Å². The fourth-order valence-corrected chi connectivity index (χ4v) is 1.50. The van der Waals surface area contributed by atoms with Crippen molar-refractivity contribution < 1.29 is 23.7 Å². The quantitative estimate of drug-likeness (QED) is 0.380. The monoisotopic (exact) mass is 291 g/mol. The summed E-state index contributed by atoms with van der Waals surface area (Å²) in [6.07, 6.45) is 1.83. The van der Waals surface area contributed by atoms with Gasteiger partial charge in [-0.05, 0) is 26.3 Å². The van der Waals surface area contributed by atoms with E-state index in [0.717, 1.165) is 19.4 Å². The predicted molar refractivity (Wildman–Crippen MR) is 76.8 cm³/mol. The van der Waals surface area contributed by atoms with Gasteiger partial charge in [-0.15, -0.1) is 0 Å². The van der Waals surface area contributed by atoms with Gasteiger partial charge in [-0.3, -0.25) is 4.79 Å². The second-order valence-electron chi connectivity index (χ2n) is 4.29. The molecule has 0 saturated carbocycles. The summed E-state index contributed by atoms with van der Waals surface area (Å²) in [6, 6.07) is -0.400. The molecule has 0 rings (SSSR count). The van der Waals surface area contributed by atoms with Crippen LogP contribution in [0.5, 0.6) is 0 Å². The highest BCUT2D eigenvalue weighted by Crippen LogP contribution is 1.93. The average Bonchev–Trinajstić information content (AvgIpc) is 2.45. The van der Waals surface area contributed by atoms with Gasteiger partial charge in [-0.1, -0.05) is 6.92 Å². The molecule has 1 N–H and O–H groups in total. The average molecular weight is 291 g/mol. The van der Waals surface area contributed by atoms with E-state index in [1.165, 1.54) is 0 Å². The first-order valence-corrected chi connectivity index (χ1v) is 7.30. The van der Waals surface area contributed by atoms with E-state index in [1.54, 1.807) is 14.0 Å². The molecule has 0 spiro atoms. The van der Waals surface area contributed by atoms with E-state index in [1.807, 2.05) is 6.92 Å². The number of rotatable bonds is 14. The summed E-state index contributed by atoms with van der Waals surface area (Å²) in [7, 11) is 1.67. The highest BCUT2D eigenvalue weighted by atomic mass is 16.5. The van der Waals surface area contributed by atoms with E-state index in [4.69, 9.17) is 18.9 Å². The molecule has 0 aliphatic heterocycles. The van der Waals surface area contributed by atoms with Crippen LogP contribution in [0.1, 0.15) is 26.7 Å². The third-order valence-electron chi connectivity index (χ3n) is 2.51. The van der Waals surface area contributed by atoms with Crippen LogP contribution in [-0.2, 0) is 23.7 Å². The maximum absolute atomic E-state index is 11.7. The van der Waals surface area contributed by atoms with E-state index in [0.29, 0.717) is 39.6 Å². The summed E-state index contributed by atoms with van der Waals surface area (Å²) in [5, 5.41) is 3.12. The Morgan fingerprint density at radius 1 is 1.10 bits per heavy atom. The molecule has 0 aliphatic carbocycles. The van der Waals surface area contributed by atoms with Gasteiger partial charge in [0.1, 0.15) is 6.04 Å². The number of methoxy groups -OCH3 is 1. The van der Waals surface area contributed by atoms with Crippen molar-refractivity contribution in [2.75, 3.05) is 53.3 Å². The van der Waals surface area contributed by atoms with Crippen LogP contribution in [0.3, 0.4) is 0 Å². The van der Waals surface area contributed by atoms with E-state index < -0.39 is 6.04 Å². The first-order chi connectivity index (χ1) is 9.76. The van der Waals surface area contributed by atoms with Crippen molar-refractivity contribution in [1.29, 1.82) is 0 Å². The zero-order valence-corrected chi connectivity index (χ0v) is 13.0. The molecule has 20 heavy (non-hydrogen) atoms. The van der Waals surface area contributed by atoms with Gasteiger partial charge in [-0.25, -0.2) is 0 Å². The van der Waals surface area contributed by atoms with Gasteiger partial charge in [0.2, 0.25) is 0 Å². The Hall–Kier alpha value is -0.690. The first kappa shape index (κ1) is 19.3. The molecule has 120 valence electrons. The molecule has 0 bridgehead atoms. The fourth-order valence-electron chi connectivity index (χ4n) is 1.50. The Morgan fingerprint density at radius 2 is 1.85 bits per heavy atom. The molecule has 0 saturated heterocycles. The van der Waals surface area contributed by atoms with Crippen molar-refractivity contribution >= 4 is 5.97 Å². The number of carbonyl (C=O) groups excluding carboxylic acids is 1. The highest BCUT2D eigenvalue weighted by molar-refractivity contribution is 5.75. The summed E-state index contributed by atoms with van der Waals surface area (Å²) in [5.74, 6) is -0.262. The molecule has 0 aromatic rings. The highest BCUT2D eigenvalue weighted by Gasteiger charge is 2.18. The first-order valence-electron chi connectivity index (χ1n) is 7.30. The molecule has 0 fully saturated rings. The van der Waals surface area contributed by atoms with Crippen LogP contribution < -0.4 is 5.32 Å². The van der Waals surface area contributed by atoms with Gasteiger partial charge in [0, 0.05) is 20.3 Å². The predicted octanol–water partition coefficient (Wildman–Crippen LogP) is 0.987. The third-order valence-corrected chi connectivity index (χ3v) is 2.51. The molecule has 0 radical (unpaired) electrons. The lowest BCUT2D eigenvalue weighted by atomic mass is 10.3. The Balaban J connectivity index is 3.65. The van der Waals surface area contributed by atoms with Crippen LogP contribution in [0.25, 0.3) is 0 Å². The number of ether oxygens (including phenoxy) is 4. The summed E-state index contributed by atoms with van der Waals surface area (Å²) in [4.78, 5) is 11.7. The summed E-state index contributed by atoms with van der Waals surface area (Å²) < 4.78 is 20.7. The van der Waals surface area contributed by atoms with Crippen LogP contribution in [-0.4, -0.2) is 65.3 Å². The molecule has 0 aromatic heterocycles. The Kier molecular flexibility index (Phi) is 14.2. The molecule has 0 aliphatic rings. The molecular weight excluding hydrogens is 262 g/mol. The van der Waals surface area contributed by atoms with Crippen LogP contribution in [0, 0.1) is 0 Å². The Morgan fingerprint density at radius 3 is 2.50 bits per heavy atom. The van der Waals surface area contributed by atoms with Gasteiger partial charge in [0.05, 0.1) is 26.4 Å². The van der Waals surface area contributed by atoms with Gasteiger partial charge in [0.15, 0.2) is 0 Å². The largest absolute Gasteiger partial charge is 0.465 e. The topological polar surface area (TPSA) is 66.0 Å². The molecule has 0 amide bonds. The van der Waals surface area contributed by atoms with E-state index in [-0.39, 0.29) is 5.97 Å². The normalized spacial score (nSPS) is 12.3. The number of hydrogen-bond acceptors (Lipinski definition) is 6. The van der Waals surface area contributed by atoms with Gasteiger partial charge < -0.3 is 24.3 Å². The van der Waals surface area contributed by atoms with E-state index in [2.05, 4.69) is 5.32 Å². The SMILES string of the molecule is CCCNC(COCCOCCCOC)C(=O)OCC. The zero-order valence-electron chi connectivity index (χ0n) is 13.0. The minimum Gasteiger partial charge on any atom is -0.465 e. The van der Waals surface area contributed by atoms with Gasteiger partial charge in [-0.2, -0.15) is 0 Å². The molecule has 1 unspecified atom stereocenters. The molecule has 6 nitrogen and oxygen atoms in total. The molecule has 1 atom stereocenters. The number of nitrogens with one attached hydrogen (secondary N) is 1. The van der Waals surface area contributed by atoms with E-state index in [9.17, 15) is 4.79 Å². The van der Waals surface area contributed by atoms with Gasteiger partial charge >= 0.3 is 5.97 Å². The van der Waals surface area contributed by atoms with Crippen LogP contribution in [0.4, 0.5) is 0 Å². The van der Waals surface area contributed by atoms with Gasteiger partial charge in [0.25, 0.3) is 0 Å². The fraction of sp³-hybridized carbons (Fsp3) is 0.929. The number of esters is 1. The van der Waals surface area contributed by atoms with Crippen molar-refractivity contribution in [1.82, 2.24) is 5.32 Å². The smallest absolute Gasteiger partial charge is 0.325 e. The number of carbonyl (C=O) groups is 1. The second kappa shape index (κ2) is 14.7. The second-order valence-corrected chi connectivity index (χ2v) is 4.29. The minimum absolute atomic E-state index is 0.262. The third kappa shape index (κ3) is 11.2. The Labute approximate surface area is 122 Å². The Bertz CT molecular complexity index is 226. The lowest BCUT2D eigenvalue weighted by molar-refractivity contribution is -0.147. The number of hydrogen-bond donors (Lipinski definition) is 1. The maximum Gasteiger partial charge on any atom is 0.325 e. The lowest BCUT2D eigenvalue weighted by Gasteiger charge is -2.17. The molecular formula is C14H29NO5. The molecule has 6 heteroatoms. The minimum atomic E-state index is -0.400. The molecule has 0 heterocycles. The van der Waals surface area contributed by atoms with Crippen molar-refractivity contribution in [2.24, 2.45) is 0 Å². The van der Waals surface area contributed by atoms with Crippen molar-refractivity contribution in [2.45, 2.75) is 32.7 Å². The van der Waals surface area contributed by atoms with Crippen molar-refractivity contribution in [3.63, 3.8) is 0 Å². The summed E-state index contributed by atoms with van der Waals surface area (Å²) in [5.41, 5.74) is 0. The zero-order chi connectivity index (χ0) is 15.1. The summed E-state index contributed by atoms with van der Waals surface area (Å²) >= 11 is 0. The van der Waals surface area contributed by atoms with Crippen molar-refractivity contribution in [3.8, 4) is 0 Å².